The van der Waals surface area contributed by atoms with E-state index in [4.69, 9.17) is 9.88 Å². The summed E-state index contributed by atoms with van der Waals surface area (Å²) < 4.78 is 27.7. The maximum atomic E-state index is 12.3. The number of rotatable bonds is 20. The van der Waals surface area contributed by atoms with E-state index in [0.29, 0.717) is 39.0 Å². The zero-order chi connectivity index (χ0) is 33.5. The molecule has 0 bridgehead atoms. The molecule has 0 saturated carbocycles. The number of sulfonamides is 1. The number of nitrogens with one attached hydrogen (secondary N) is 3. The fraction of sp³-hybridized carbons (Fsp3) is 0.485. The number of nitrogens with zero attached hydrogens (tertiary/aromatic N) is 2. The van der Waals surface area contributed by atoms with Crippen molar-refractivity contribution in [3.63, 3.8) is 0 Å². The third kappa shape index (κ3) is 11.7. The number of primary sulfonamides is 1. The van der Waals surface area contributed by atoms with Gasteiger partial charge >= 0.3 is 6.09 Å². The number of benzene rings is 2. The summed E-state index contributed by atoms with van der Waals surface area (Å²) in [4.78, 5) is 36.4. The molecule has 2 aromatic carbocycles. The molecular formula is C33H44N6O6S2. The Kier molecular flexibility index (Phi) is 14.1. The van der Waals surface area contributed by atoms with E-state index < -0.39 is 10.0 Å². The summed E-state index contributed by atoms with van der Waals surface area (Å²) in [6.07, 6.45) is 9.47. The van der Waals surface area contributed by atoms with E-state index in [1.807, 2.05) is 24.3 Å². The average molecular weight is 685 g/mol. The molecule has 0 aliphatic heterocycles. The van der Waals surface area contributed by atoms with Crippen LogP contribution in [0, 0.1) is 0 Å². The molecule has 3 aromatic rings. The summed E-state index contributed by atoms with van der Waals surface area (Å²) in [6, 6.07) is 16.6. The van der Waals surface area contributed by atoms with Gasteiger partial charge in [0, 0.05) is 31.8 Å². The maximum Gasteiger partial charge on any atom is 0.407 e. The number of hydrogen-bond acceptors (Lipinski definition) is 9. The first-order valence-corrected chi connectivity index (χ1v) is 18.6. The van der Waals surface area contributed by atoms with Crippen LogP contribution in [0.25, 0.3) is 11.1 Å². The molecule has 47 heavy (non-hydrogen) atoms. The maximum absolute atomic E-state index is 12.3. The van der Waals surface area contributed by atoms with Gasteiger partial charge in [0.2, 0.25) is 21.3 Å². The summed E-state index contributed by atoms with van der Waals surface area (Å²) in [5.74, 6) is -0.128. The van der Waals surface area contributed by atoms with E-state index in [0.717, 1.165) is 69.1 Å². The minimum Gasteiger partial charge on any atom is -0.449 e. The largest absolute Gasteiger partial charge is 0.449 e. The summed E-state index contributed by atoms with van der Waals surface area (Å²) in [5, 5.41) is 20.5. The Morgan fingerprint density at radius 1 is 0.723 bits per heavy atom. The fourth-order valence-corrected chi connectivity index (χ4v) is 6.94. The lowest BCUT2D eigenvalue weighted by Crippen LogP contribution is -2.27. The second kappa shape index (κ2) is 18.5. The highest BCUT2D eigenvalue weighted by Crippen LogP contribution is 2.44. The lowest BCUT2D eigenvalue weighted by molar-refractivity contribution is -0.121. The molecule has 12 nitrogen and oxygen atoms in total. The van der Waals surface area contributed by atoms with Crippen molar-refractivity contribution in [3.8, 4) is 11.1 Å². The Hall–Kier alpha value is -3.88. The summed E-state index contributed by atoms with van der Waals surface area (Å²) in [6.45, 7) is 1.52. The number of carbonyl (C=O) groups excluding carboxylic acids is 3. The molecule has 5 N–H and O–H groups in total. The lowest BCUT2D eigenvalue weighted by atomic mass is 9.98. The molecule has 0 radical (unpaired) electrons. The Morgan fingerprint density at radius 3 is 1.85 bits per heavy atom. The molecule has 1 aliphatic rings. The van der Waals surface area contributed by atoms with Crippen LogP contribution in [0.3, 0.4) is 0 Å². The topological polar surface area (TPSA) is 182 Å². The van der Waals surface area contributed by atoms with E-state index >= 15 is 0 Å². The molecule has 0 saturated heterocycles. The van der Waals surface area contributed by atoms with Crippen LogP contribution in [0.4, 0.5) is 9.93 Å². The lowest BCUT2D eigenvalue weighted by Gasteiger charge is -2.14. The average Bonchev–Trinajstić information content (AvgIpc) is 3.65. The zero-order valence-corrected chi connectivity index (χ0v) is 28.2. The third-order valence-corrected chi connectivity index (χ3v) is 10.1. The number of amides is 3. The highest BCUT2D eigenvalue weighted by molar-refractivity contribution is 7.91. The van der Waals surface area contributed by atoms with Crippen LogP contribution in [0.1, 0.15) is 94.1 Å². The molecule has 4 rings (SSSR count). The molecule has 0 fully saturated rings. The van der Waals surface area contributed by atoms with Crippen LogP contribution in [-0.4, -0.2) is 56.2 Å². The minimum absolute atomic E-state index is 0.0525. The van der Waals surface area contributed by atoms with Crippen molar-refractivity contribution >= 4 is 44.4 Å². The number of carbonyl (C=O) groups is 3. The predicted octanol–water partition coefficient (Wildman–Crippen LogP) is 5.46. The van der Waals surface area contributed by atoms with Gasteiger partial charge in [0.05, 0.1) is 0 Å². The molecule has 1 aromatic heterocycles. The van der Waals surface area contributed by atoms with Crippen molar-refractivity contribution in [2.45, 2.75) is 87.3 Å². The SMILES string of the molecule is NS(=O)(=O)c1nnc(NC(=O)CCCCCCCNC(=O)CCCCCCCNC(=O)OCC2c3ccccc3-c3ccccc32)s1. The van der Waals surface area contributed by atoms with Crippen LogP contribution < -0.4 is 21.1 Å². The van der Waals surface area contributed by atoms with Crippen molar-refractivity contribution < 1.29 is 27.5 Å². The number of unbranched alkanes of at least 4 members (excludes halogenated alkanes) is 8. The van der Waals surface area contributed by atoms with Gasteiger partial charge in [-0.25, -0.2) is 18.4 Å². The van der Waals surface area contributed by atoms with Gasteiger partial charge in [-0.3, -0.25) is 9.59 Å². The molecule has 0 atom stereocenters. The fourth-order valence-electron chi connectivity index (χ4n) is 5.59. The molecular weight excluding hydrogens is 641 g/mol. The number of nitrogens with two attached hydrogens (primary N) is 1. The number of alkyl carbamates (subject to hydrolysis) is 1. The first-order valence-electron chi connectivity index (χ1n) is 16.2. The summed E-state index contributed by atoms with van der Waals surface area (Å²) >= 11 is 0.717. The minimum atomic E-state index is -3.93. The van der Waals surface area contributed by atoms with Gasteiger partial charge in [0.15, 0.2) is 0 Å². The smallest absolute Gasteiger partial charge is 0.407 e. The quantitative estimate of drug-likeness (QED) is 0.0894. The number of hydrogen-bond donors (Lipinski definition) is 4. The summed E-state index contributed by atoms with van der Waals surface area (Å²) in [7, 11) is -3.93. The second-order valence-corrected chi connectivity index (χ2v) is 14.3. The molecule has 0 spiro atoms. The van der Waals surface area contributed by atoms with Crippen molar-refractivity contribution in [1.29, 1.82) is 0 Å². The Bertz CT molecular complexity index is 1550. The summed E-state index contributed by atoms with van der Waals surface area (Å²) in [5.41, 5.74) is 4.81. The van der Waals surface area contributed by atoms with Gasteiger partial charge in [-0.15, -0.1) is 10.2 Å². The van der Waals surface area contributed by atoms with Gasteiger partial charge in [0.25, 0.3) is 10.0 Å². The van der Waals surface area contributed by atoms with Crippen LogP contribution in [0.15, 0.2) is 52.9 Å². The number of ether oxygens (including phenoxy) is 1. The predicted molar refractivity (Wildman–Crippen MR) is 181 cm³/mol. The monoisotopic (exact) mass is 684 g/mol. The Balaban J connectivity index is 0.925. The molecule has 3 amide bonds. The zero-order valence-electron chi connectivity index (χ0n) is 26.5. The first kappa shape index (κ1) is 36.0. The van der Waals surface area contributed by atoms with Gasteiger partial charge in [0.1, 0.15) is 6.61 Å². The van der Waals surface area contributed by atoms with Crippen molar-refractivity contribution in [3.05, 3.63) is 59.7 Å². The first-order chi connectivity index (χ1) is 22.7. The molecule has 1 heterocycles. The van der Waals surface area contributed by atoms with Gasteiger partial charge in [-0.05, 0) is 47.9 Å². The van der Waals surface area contributed by atoms with E-state index in [1.54, 1.807) is 0 Å². The number of fused-ring (bicyclic) bond motifs is 3. The van der Waals surface area contributed by atoms with Crippen LogP contribution >= 0.6 is 11.3 Å². The molecule has 14 heteroatoms. The second-order valence-electron chi connectivity index (χ2n) is 11.6. The van der Waals surface area contributed by atoms with E-state index in [9.17, 15) is 22.8 Å². The Morgan fingerprint density at radius 2 is 1.26 bits per heavy atom. The normalized spacial score (nSPS) is 12.3. The molecule has 254 valence electrons. The van der Waals surface area contributed by atoms with Crippen molar-refractivity contribution in [2.24, 2.45) is 5.14 Å². The van der Waals surface area contributed by atoms with E-state index in [2.05, 4.69) is 50.4 Å². The molecule has 0 unspecified atom stereocenters. The van der Waals surface area contributed by atoms with Gasteiger partial charge in [-0.1, -0.05) is 98.4 Å². The van der Waals surface area contributed by atoms with Gasteiger partial charge < -0.3 is 20.7 Å². The standard InChI is InChI=1S/C33H44N6O6S2/c34-47(43,44)33-39-38-31(46-33)37-30(41)20-8-4-2-5-13-21-35-29(40)19-7-3-1-6-14-22-36-32(42)45-23-28-26-17-11-9-15-24(26)25-16-10-12-18-27(25)28/h9-12,15-18,28H,1-8,13-14,19-23H2,(H,35,40)(H,36,42)(H2,34,43,44)(H,37,38,41). The van der Waals surface area contributed by atoms with Crippen molar-refractivity contribution in [2.75, 3.05) is 25.0 Å². The number of anilines is 1. The van der Waals surface area contributed by atoms with Crippen molar-refractivity contribution in [1.82, 2.24) is 20.8 Å². The van der Waals surface area contributed by atoms with Crippen LogP contribution in [-0.2, 0) is 24.3 Å². The highest BCUT2D eigenvalue weighted by atomic mass is 32.2. The van der Waals surface area contributed by atoms with Gasteiger partial charge in [-0.2, -0.15) is 0 Å². The Labute approximate surface area is 280 Å². The van der Waals surface area contributed by atoms with Crippen LogP contribution in [0.2, 0.25) is 0 Å². The van der Waals surface area contributed by atoms with Crippen LogP contribution in [0.5, 0.6) is 0 Å². The highest BCUT2D eigenvalue weighted by Gasteiger charge is 2.29. The number of aromatic nitrogens is 2. The molecule has 1 aliphatic carbocycles. The van der Waals surface area contributed by atoms with E-state index in [1.165, 1.54) is 22.3 Å². The third-order valence-electron chi connectivity index (χ3n) is 7.99. The van der Waals surface area contributed by atoms with E-state index in [-0.39, 0.29) is 33.3 Å².